The highest BCUT2D eigenvalue weighted by molar-refractivity contribution is 6.30. The summed E-state index contributed by atoms with van der Waals surface area (Å²) in [6, 6.07) is 17.3. The van der Waals surface area contributed by atoms with Crippen molar-refractivity contribution in [1.29, 1.82) is 0 Å². The van der Waals surface area contributed by atoms with Crippen molar-refractivity contribution in [3.05, 3.63) is 88.4 Å². The quantitative estimate of drug-likeness (QED) is 0.343. The van der Waals surface area contributed by atoms with E-state index in [0.717, 1.165) is 16.9 Å². The lowest BCUT2D eigenvalue weighted by atomic mass is 9.92. The molecule has 3 aromatic rings. The van der Waals surface area contributed by atoms with Crippen LogP contribution >= 0.6 is 11.6 Å². The van der Waals surface area contributed by atoms with Crippen molar-refractivity contribution in [2.75, 3.05) is 13.2 Å². The summed E-state index contributed by atoms with van der Waals surface area (Å²) in [6.45, 7) is 4.46. The first-order valence-corrected chi connectivity index (χ1v) is 11.8. The molecular weight excluding hydrogens is 495 g/mol. The van der Waals surface area contributed by atoms with Gasteiger partial charge in [-0.25, -0.2) is 0 Å². The van der Waals surface area contributed by atoms with E-state index in [2.05, 4.69) is 4.74 Å². The average molecular weight is 520 g/mol. The number of nitrogens with zero attached hydrogens (tertiary/aromatic N) is 1. The van der Waals surface area contributed by atoms with Gasteiger partial charge in [-0.2, -0.15) is 0 Å². The first-order chi connectivity index (χ1) is 17.1. The molecule has 1 atom stereocenters. The molecule has 1 unspecified atom stereocenters. The molecule has 0 bridgehead atoms. The Morgan fingerprint density at radius 2 is 1.72 bits per heavy atom. The Morgan fingerprint density at radius 3 is 2.39 bits per heavy atom. The molecular formula is C27H25ClF3NO4. The Balaban J connectivity index is 1.59. The molecule has 0 saturated carbocycles. The molecule has 4 rings (SSSR count). The fourth-order valence-corrected chi connectivity index (χ4v) is 4.35. The molecule has 1 amide bonds. The van der Waals surface area contributed by atoms with E-state index in [9.17, 15) is 18.0 Å². The minimum absolute atomic E-state index is 0.0240. The van der Waals surface area contributed by atoms with Gasteiger partial charge in [-0.1, -0.05) is 23.7 Å². The van der Waals surface area contributed by atoms with Crippen LogP contribution in [0.4, 0.5) is 13.2 Å². The lowest BCUT2D eigenvalue weighted by Gasteiger charge is -2.37. The number of fused-ring (bicyclic) bond motifs is 1. The molecule has 1 aliphatic rings. The van der Waals surface area contributed by atoms with Gasteiger partial charge >= 0.3 is 6.36 Å². The highest BCUT2D eigenvalue weighted by Crippen LogP contribution is 2.35. The normalized spacial score (nSPS) is 15.4. The zero-order chi connectivity index (χ0) is 25.9. The fourth-order valence-electron chi connectivity index (χ4n) is 4.16. The molecule has 0 fully saturated rings. The third-order valence-electron chi connectivity index (χ3n) is 5.64. The molecule has 190 valence electrons. The van der Waals surface area contributed by atoms with Crippen molar-refractivity contribution in [2.24, 2.45) is 0 Å². The maximum absolute atomic E-state index is 13.4. The summed E-state index contributed by atoms with van der Waals surface area (Å²) in [5, 5.41) is 0.461. The van der Waals surface area contributed by atoms with E-state index in [1.807, 2.05) is 32.0 Å². The van der Waals surface area contributed by atoms with Gasteiger partial charge in [0.2, 0.25) is 0 Å². The van der Waals surface area contributed by atoms with Crippen LogP contribution < -0.4 is 14.2 Å². The van der Waals surface area contributed by atoms with Gasteiger partial charge in [0.15, 0.2) is 0 Å². The van der Waals surface area contributed by atoms with E-state index < -0.39 is 12.4 Å². The summed E-state index contributed by atoms with van der Waals surface area (Å²) in [6.07, 6.45) is -4.11. The van der Waals surface area contributed by atoms with Crippen molar-refractivity contribution in [2.45, 2.75) is 38.8 Å². The van der Waals surface area contributed by atoms with Gasteiger partial charge in [-0.15, -0.1) is 13.2 Å². The Bertz CT molecular complexity index is 1210. The number of amides is 1. The van der Waals surface area contributed by atoms with E-state index in [0.29, 0.717) is 29.3 Å². The second-order valence-corrected chi connectivity index (χ2v) is 9.07. The first-order valence-electron chi connectivity index (χ1n) is 11.4. The summed E-state index contributed by atoms with van der Waals surface area (Å²) in [7, 11) is 0. The maximum atomic E-state index is 13.4. The molecule has 5 nitrogen and oxygen atoms in total. The number of hydrogen-bond donors (Lipinski definition) is 0. The predicted molar refractivity (Wildman–Crippen MR) is 130 cm³/mol. The first kappa shape index (κ1) is 25.7. The van der Waals surface area contributed by atoms with Crippen molar-refractivity contribution in [3.8, 4) is 17.2 Å². The molecule has 36 heavy (non-hydrogen) atoms. The number of hydrogen-bond acceptors (Lipinski definition) is 4. The molecule has 3 aromatic carbocycles. The highest BCUT2D eigenvalue weighted by atomic mass is 35.5. The Labute approximate surface area is 212 Å². The van der Waals surface area contributed by atoms with Crippen molar-refractivity contribution in [1.82, 2.24) is 4.90 Å². The third kappa shape index (κ3) is 6.43. The summed E-state index contributed by atoms with van der Waals surface area (Å²) >= 11 is 6.11. The smallest absolute Gasteiger partial charge is 0.491 e. The minimum Gasteiger partial charge on any atom is -0.491 e. The van der Waals surface area contributed by atoms with Crippen LogP contribution in [-0.4, -0.2) is 36.4 Å². The SMILES string of the molecule is CC(C)Oc1ccc2c(c1)CCN(C(=O)c1cccc(Cl)c1)C2COc1ccc(OC(F)(F)F)cc1. The number of halogens is 4. The monoisotopic (exact) mass is 519 g/mol. The van der Waals surface area contributed by atoms with Gasteiger partial charge in [0.1, 0.15) is 23.9 Å². The summed E-state index contributed by atoms with van der Waals surface area (Å²) in [5.41, 5.74) is 2.43. The van der Waals surface area contributed by atoms with Crippen LogP contribution in [0.2, 0.25) is 5.02 Å². The van der Waals surface area contributed by atoms with Crippen LogP contribution in [0.1, 0.15) is 41.4 Å². The zero-order valence-electron chi connectivity index (χ0n) is 19.7. The summed E-state index contributed by atoms with van der Waals surface area (Å²) in [4.78, 5) is 15.2. The van der Waals surface area contributed by atoms with Crippen molar-refractivity contribution < 1.29 is 32.2 Å². The molecule has 0 aliphatic carbocycles. The van der Waals surface area contributed by atoms with Gasteiger partial charge in [0, 0.05) is 17.1 Å². The van der Waals surface area contributed by atoms with E-state index >= 15 is 0 Å². The summed E-state index contributed by atoms with van der Waals surface area (Å²) < 4.78 is 53.0. The predicted octanol–water partition coefficient (Wildman–Crippen LogP) is 6.84. The largest absolute Gasteiger partial charge is 0.573 e. The van der Waals surface area contributed by atoms with E-state index in [4.69, 9.17) is 21.1 Å². The van der Waals surface area contributed by atoms with Crippen LogP contribution in [-0.2, 0) is 6.42 Å². The van der Waals surface area contributed by atoms with E-state index in [-0.39, 0.29) is 24.4 Å². The number of alkyl halides is 3. The fraction of sp³-hybridized carbons (Fsp3) is 0.296. The maximum Gasteiger partial charge on any atom is 0.573 e. The van der Waals surface area contributed by atoms with Gasteiger partial charge < -0.3 is 19.1 Å². The number of rotatable bonds is 7. The van der Waals surface area contributed by atoms with Crippen LogP contribution in [0, 0.1) is 0 Å². The van der Waals surface area contributed by atoms with Gasteiger partial charge in [0.05, 0.1) is 12.1 Å². The average Bonchev–Trinajstić information content (AvgIpc) is 2.81. The second kappa shape index (κ2) is 10.7. The lowest BCUT2D eigenvalue weighted by molar-refractivity contribution is -0.274. The molecule has 0 spiro atoms. The van der Waals surface area contributed by atoms with Crippen LogP contribution in [0.15, 0.2) is 66.7 Å². The number of ether oxygens (including phenoxy) is 3. The standard InChI is InChI=1S/C27H25ClF3NO4/c1-17(2)35-23-10-11-24-18(15-23)12-13-32(26(33)19-4-3-5-20(28)14-19)25(24)16-34-21-6-8-22(9-7-21)36-27(29,30)31/h3-11,14-15,17,25H,12-13,16H2,1-2H3. The van der Waals surface area contributed by atoms with Crippen LogP contribution in [0.3, 0.4) is 0 Å². The number of benzene rings is 3. The molecule has 1 aliphatic heterocycles. The molecule has 9 heteroatoms. The van der Waals surface area contributed by atoms with Crippen molar-refractivity contribution >= 4 is 17.5 Å². The van der Waals surface area contributed by atoms with E-state index in [1.165, 1.54) is 24.3 Å². The van der Waals surface area contributed by atoms with E-state index in [1.54, 1.807) is 29.2 Å². The summed E-state index contributed by atoms with van der Waals surface area (Å²) in [5.74, 6) is 0.575. The number of carbonyl (C=O) groups excluding carboxylic acids is 1. The van der Waals surface area contributed by atoms with Gasteiger partial charge in [0.25, 0.3) is 5.91 Å². The molecule has 0 aromatic heterocycles. The van der Waals surface area contributed by atoms with Crippen LogP contribution in [0.25, 0.3) is 0 Å². The zero-order valence-corrected chi connectivity index (χ0v) is 20.5. The van der Waals surface area contributed by atoms with Crippen LogP contribution in [0.5, 0.6) is 17.2 Å². The number of carbonyl (C=O) groups is 1. The Morgan fingerprint density at radius 1 is 1.03 bits per heavy atom. The highest BCUT2D eigenvalue weighted by Gasteiger charge is 2.33. The van der Waals surface area contributed by atoms with Gasteiger partial charge in [-0.3, -0.25) is 4.79 Å². The molecule has 1 heterocycles. The Kier molecular flexibility index (Phi) is 7.64. The lowest BCUT2D eigenvalue weighted by Crippen LogP contribution is -2.42. The minimum atomic E-state index is -4.77. The topological polar surface area (TPSA) is 48.0 Å². The molecule has 0 radical (unpaired) electrons. The Hall–Kier alpha value is -3.39. The molecule has 0 N–H and O–H groups in total. The van der Waals surface area contributed by atoms with Crippen molar-refractivity contribution in [3.63, 3.8) is 0 Å². The molecule has 0 saturated heterocycles. The second-order valence-electron chi connectivity index (χ2n) is 8.63. The van der Waals surface area contributed by atoms with Gasteiger partial charge in [-0.05, 0) is 86.0 Å². The third-order valence-corrected chi connectivity index (χ3v) is 5.88.